The molecule has 0 aliphatic carbocycles. The number of aromatic nitrogens is 2. The van der Waals surface area contributed by atoms with Crippen molar-refractivity contribution in [1.82, 2.24) is 14.6 Å². The smallest absolute Gasteiger partial charge is 0.321 e. The molecule has 1 fully saturated rings. The minimum absolute atomic E-state index is 0.228. The Kier molecular flexibility index (Phi) is 5.07. The summed E-state index contributed by atoms with van der Waals surface area (Å²) in [7, 11) is 4.11. The number of fused-ring (bicyclic) bond motifs is 1. The van der Waals surface area contributed by atoms with Gasteiger partial charge in [-0.25, -0.2) is 4.98 Å². The van der Waals surface area contributed by atoms with E-state index >= 15 is 0 Å². The van der Waals surface area contributed by atoms with Crippen LogP contribution in [0.15, 0.2) is 53.3 Å². The molecule has 0 N–H and O–H groups in total. The molecule has 2 unspecified atom stereocenters. The number of benzene rings is 2. The number of nitrogens with zero attached hydrogens (tertiary/aromatic N) is 4. The van der Waals surface area contributed by atoms with Crippen LogP contribution >= 0.6 is 0 Å². The van der Waals surface area contributed by atoms with Crippen LogP contribution in [0.4, 0.5) is 5.95 Å². The summed E-state index contributed by atoms with van der Waals surface area (Å²) in [5, 5.41) is 0.413. The normalized spacial score (nSPS) is 19.1. The molecule has 0 bridgehead atoms. The molecule has 1 aromatic heterocycles. The van der Waals surface area contributed by atoms with E-state index in [1.54, 1.807) is 18.2 Å². The lowest BCUT2D eigenvalue weighted by atomic mass is 9.93. The molecular formula is C22H24N4O3. The average molecular weight is 392 g/mol. The van der Waals surface area contributed by atoms with E-state index in [-0.39, 0.29) is 18.4 Å². The lowest BCUT2D eigenvalue weighted by Gasteiger charge is -2.25. The van der Waals surface area contributed by atoms with Crippen LogP contribution < -0.4 is 15.3 Å². The first-order chi connectivity index (χ1) is 14.0. The van der Waals surface area contributed by atoms with Gasteiger partial charge in [-0.05, 0) is 38.7 Å². The van der Waals surface area contributed by atoms with Crippen molar-refractivity contribution < 1.29 is 9.63 Å². The topological polar surface area (TPSA) is 67.7 Å². The molecule has 3 aromatic rings. The highest BCUT2D eigenvalue weighted by Gasteiger charge is 2.37. The standard InChI is InChI=1S/C22H24N4O3/c1-15-8-10-16(11-9-15)18-12-25(13-20(18)24(2)3)22-23-19-7-5-4-6-17(19)21(28)26(22)29-14-27/h4-11,14,18,20H,12-13H2,1-3H3. The van der Waals surface area contributed by atoms with Gasteiger partial charge in [-0.3, -0.25) is 9.59 Å². The van der Waals surface area contributed by atoms with E-state index in [0.29, 0.717) is 29.9 Å². The molecule has 1 aliphatic rings. The van der Waals surface area contributed by atoms with Crippen molar-refractivity contribution in [3.8, 4) is 0 Å². The minimum atomic E-state index is -0.391. The predicted molar refractivity (Wildman–Crippen MR) is 112 cm³/mol. The fourth-order valence-corrected chi connectivity index (χ4v) is 4.06. The highest BCUT2D eigenvalue weighted by atomic mass is 16.7. The Morgan fingerprint density at radius 2 is 1.83 bits per heavy atom. The molecule has 0 amide bonds. The number of likely N-dealkylation sites (N-methyl/N-ethyl adjacent to an activating group) is 1. The van der Waals surface area contributed by atoms with Crippen molar-refractivity contribution in [1.29, 1.82) is 0 Å². The molecule has 1 saturated heterocycles. The summed E-state index contributed by atoms with van der Waals surface area (Å²) >= 11 is 0. The zero-order chi connectivity index (χ0) is 20.5. The van der Waals surface area contributed by atoms with Gasteiger partial charge in [0.25, 0.3) is 5.56 Å². The number of hydrogen-bond acceptors (Lipinski definition) is 6. The van der Waals surface area contributed by atoms with Crippen LogP contribution in [0.2, 0.25) is 0 Å². The van der Waals surface area contributed by atoms with E-state index < -0.39 is 5.56 Å². The third-order valence-electron chi connectivity index (χ3n) is 5.61. The van der Waals surface area contributed by atoms with Gasteiger partial charge in [0.05, 0.1) is 10.9 Å². The molecule has 150 valence electrons. The van der Waals surface area contributed by atoms with Crippen molar-refractivity contribution in [2.75, 3.05) is 32.1 Å². The second kappa shape index (κ2) is 7.67. The van der Waals surface area contributed by atoms with Gasteiger partial charge in [-0.1, -0.05) is 46.7 Å². The number of para-hydroxylation sites is 1. The van der Waals surface area contributed by atoms with Gasteiger partial charge in [-0.2, -0.15) is 0 Å². The SMILES string of the molecule is Cc1ccc(C2CN(c3nc4ccccc4c(=O)n3OC=O)CC2N(C)C)cc1. The monoisotopic (exact) mass is 392 g/mol. The number of hydrogen-bond donors (Lipinski definition) is 0. The maximum Gasteiger partial charge on any atom is 0.321 e. The lowest BCUT2D eigenvalue weighted by Crippen LogP contribution is -2.37. The van der Waals surface area contributed by atoms with Crippen molar-refractivity contribution in [3.63, 3.8) is 0 Å². The summed E-state index contributed by atoms with van der Waals surface area (Å²) in [5.41, 5.74) is 2.65. The summed E-state index contributed by atoms with van der Waals surface area (Å²) in [5.74, 6) is 0.584. The Bertz CT molecular complexity index is 1090. The molecule has 0 saturated carbocycles. The first-order valence-electron chi connectivity index (χ1n) is 9.60. The number of anilines is 1. The summed E-state index contributed by atoms with van der Waals surface area (Å²) in [4.78, 5) is 37.9. The second-order valence-corrected chi connectivity index (χ2v) is 7.68. The van der Waals surface area contributed by atoms with Crippen LogP contribution in [0.1, 0.15) is 17.0 Å². The molecule has 2 aromatic carbocycles. The first kappa shape index (κ1) is 19.1. The quantitative estimate of drug-likeness (QED) is 0.617. The maximum absolute atomic E-state index is 12.9. The van der Waals surface area contributed by atoms with E-state index in [9.17, 15) is 9.59 Å². The van der Waals surface area contributed by atoms with Gasteiger partial charge >= 0.3 is 6.47 Å². The Balaban J connectivity index is 1.79. The number of aryl methyl sites for hydroxylation is 1. The first-order valence-corrected chi connectivity index (χ1v) is 9.60. The van der Waals surface area contributed by atoms with Crippen LogP contribution in [0.5, 0.6) is 0 Å². The highest BCUT2D eigenvalue weighted by Crippen LogP contribution is 2.32. The number of carbonyl (C=O) groups is 1. The molecular weight excluding hydrogens is 368 g/mol. The van der Waals surface area contributed by atoms with Gasteiger partial charge in [0.1, 0.15) is 0 Å². The molecule has 29 heavy (non-hydrogen) atoms. The maximum atomic E-state index is 12.9. The molecule has 1 aliphatic heterocycles. The van der Waals surface area contributed by atoms with Crippen LogP contribution in [0.25, 0.3) is 10.9 Å². The van der Waals surface area contributed by atoms with Gasteiger partial charge in [0.2, 0.25) is 5.95 Å². The fourth-order valence-electron chi connectivity index (χ4n) is 4.06. The van der Waals surface area contributed by atoms with Crippen LogP contribution in [-0.4, -0.2) is 54.3 Å². The highest BCUT2D eigenvalue weighted by molar-refractivity contribution is 5.78. The fraction of sp³-hybridized carbons (Fsp3) is 0.318. The van der Waals surface area contributed by atoms with E-state index in [4.69, 9.17) is 4.84 Å². The Hall–Kier alpha value is -3.19. The summed E-state index contributed by atoms with van der Waals surface area (Å²) in [6, 6.07) is 15.8. The van der Waals surface area contributed by atoms with Crippen molar-refractivity contribution in [3.05, 3.63) is 70.0 Å². The summed E-state index contributed by atoms with van der Waals surface area (Å²) in [6.07, 6.45) is 0. The minimum Gasteiger partial charge on any atom is -0.337 e. The third kappa shape index (κ3) is 3.49. The van der Waals surface area contributed by atoms with E-state index in [1.807, 2.05) is 11.0 Å². The van der Waals surface area contributed by atoms with Gasteiger partial charge in [0.15, 0.2) is 0 Å². The number of rotatable bonds is 5. The zero-order valence-electron chi connectivity index (χ0n) is 16.8. The molecule has 2 atom stereocenters. The molecule has 2 heterocycles. The van der Waals surface area contributed by atoms with Crippen molar-refractivity contribution >= 4 is 23.3 Å². The molecule has 0 spiro atoms. The van der Waals surface area contributed by atoms with E-state index in [1.165, 1.54) is 11.1 Å². The lowest BCUT2D eigenvalue weighted by molar-refractivity contribution is -0.129. The Labute approximate surface area is 169 Å². The second-order valence-electron chi connectivity index (χ2n) is 7.68. The predicted octanol–water partition coefficient (Wildman–Crippen LogP) is 1.82. The van der Waals surface area contributed by atoms with Crippen LogP contribution in [0, 0.1) is 6.92 Å². The number of carbonyl (C=O) groups excluding carboxylic acids is 1. The van der Waals surface area contributed by atoms with E-state index in [2.05, 4.69) is 55.2 Å². The van der Waals surface area contributed by atoms with E-state index in [0.717, 1.165) is 4.73 Å². The van der Waals surface area contributed by atoms with Crippen molar-refractivity contribution in [2.24, 2.45) is 0 Å². The molecule has 7 nitrogen and oxygen atoms in total. The largest absolute Gasteiger partial charge is 0.337 e. The Morgan fingerprint density at radius 1 is 1.10 bits per heavy atom. The average Bonchev–Trinajstić information content (AvgIpc) is 3.16. The third-order valence-corrected chi connectivity index (χ3v) is 5.61. The van der Waals surface area contributed by atoms with Crippen molar-refractivity contribution in [2.45, 2.75) is 18.9 Å². The van der Waals surface area contributed by atoms with Gasteiger partial charge < -0.3 is 14.6 Å². The zero-order valence-corrected chi connectivity index (χ0v) is 16.8. The van der Waals surface area contributed by atoms with Crippen LogP contribution in [0.3, 0.4) is 0 Å². The molecule has 4 rings (SSSR count). The summed E-state index contributed by atoms with van der Waals surface area (Å²) in [6.45, 7) is 3.67. The van der Waals surface area contributed by atoms with Gasteiger partial charge in [-0.15, -0.1) is 0 Å². The van der Waals surface area contributed by atoms with Crippen LogP contribution in [-0.2, 0) is 4.79 Å². The van der Waals surface area contributed by atoms with Gasteiger partial charge in [0, 0.05) is 25.0 Å². The Morgan fingerprint density at radius 3 is 2.52 bits per heavy atom. The molecule has 7 heteroatoms. The molecule has 0 radical (unpaired) electrons. The summed E-state index contributed by atoms with van der Waals surface area (Å²) < 4.78 is 1.000.